The highest BCUT2D eigenvalue weighted by atomic mass is 16.5. The molecular formula is C16H26N2O2. The number of nitrogens with zero attached hydrogens (tertiary/aromatic N) is 2. The van der Waals surface area contributed by atoms with Crippen molar-refractivity contribution >= 4 is 17.3 Å². The van der Waals surface area contributed by atoms with Gasteiger partial charge in [0.25, 0.3) is 0 Å². The molecule has 0 bridgehead atoms. The first-order chi connectivity index (χ1) is 9.60. The maximum absolute atomic E-state index is 11.9. The van der Waals surface area contributed by atoms with Crippen LogP contribution in [0.15, 0.2) is 18.2 Å². The summed E-state index contributed by atoms with van der Waals surface area (Å²) in [6, 6.07) is 5.96. The highest BCUT2D eigenvalue weighted by Gasteiger charge is 2.13. The molecule has 0 aliphatic carbocycles. The molecule has 0 atom stereocenters. The second kappa shape index (κ2) is 7.78. The number of benzene rings is 1. The van der Waals surface area contributed by atoms with E-state index in [0.29, 0.717) is 5.56 Å². The van der Waals surface area contributed by atoms with Gasteiger partial charge in [0.1, 0.15) is 0 Å². The smallest absolute Gasteiger partial charge is 0.337 e. The SMILES string of the molecule is CCN(CC)c1cc(C(=O)OC)cc(N(CC)CC)c1. The van der Waals surface area contributed by atoms with Crippen LogP contribution in [0, 0.1) is 0 Å². The number of hydrogen-bond donors (Lipinski definition) is 0. The molecule has 1 aromatic rings. The standard InChI is InChI=1S/C16H26N2O2/c1-6-17(7-2)14-10-13(16(19)20-5)11-15(12-14)18(8-3)9-4/h10-12H,6-9H2,1-5H3. The topological polar surface area (TPSA) is 32.8 Å². The van der Waals surface area contributed by atoms with E-state index in [4.69, 9.17) is 4.74 Å². The zero-order valence-electron chi connectivity index (χ0n) is 13.3. The third-order valence-corrected chi connectivity index (χ3v) is 3.58. The lowest BCUT2D eigenvalue weighted by molar-refractivity contribution is 0.0601. The van der Waals surface area contributed by atoms with Crippen LogP contribution in [-0.2, 0) is 4.74 Å². The Labute approximate surface area is 122 Å². The van der Waals surface area contributed by atoms with E-state index in [-0.39, 0.29) is 5.97 Å². The highest BCUT2D eigenvalue weighted by molar-refractivity contribution is 5.92. The third kappa shape index (κ3) is 3.65. The Kier molecular flexibility index (Phi) is 6.36. The Hall–Kier alpha value is -1.71. The molecule has 0 fully saturated rings. The molecule has 0 aromatic heterocycles. The zero-order valence-corrected chi connectivity index (χ0v) is 13.3. The van der Waals surface area contributed by atoms with Gasteiger partial charge in [0, 0.05) is 37.6 Å². The van der Waals surface area contributed by atoms with Gasteiger partial charge in [0.15, 0.2) is 0 Å². The van der Waals surface area contributed by atoms with Crippen molar-refractivity contribution in [3.63, 3.8) is 0 Å². The first-order valence-electron chi connectivity index (χ1n) is 7.34. The molecule has 0 saturated heterocycles. The summed E-state index contributed by atoms with van der Waals surface area (Å²) in [7, 11) is 1.42. The highest BCUT2D eigenvalue weighted by Crippen LogP contribution is 2.25. The molecule has 1 rings (SSSR count). The molecule has 20 heavy (non-hydrogen) atoms. The number of esters is 1. The summed E-state index contributed by atoms with van der Waals surface area (Å²) < 4.78 is 4.86. The Morgan fingerprint density at radius 1 is 0.900 bits per heavy atom. The van der Waals surface area contributed by atoms with Gasteiger partial charge in [-0.1, -0.05) is 0 Å². The maximum atomic E-state index is 11.9. The van der Waals surface area contributed by atoms with E-state index >= 15 is 0 Å². The maximum Gasteiger partial charge on any atom is 0.337 e. The van der Waals surface area contributed by atoms with Crippen LogP contribution < -0.4 is 9.80 Å². The predicted molar refractivity (Wildman–Crippen MR) is 84.9 cm³/mol. The van der Waals surface area contributed by atoms with Crippen molar-refractivity contribution in [3.05, 3.63) is 23.8 Å². The molecule has 112 valence electrons. The quantitative estimate of drug-likeness (QED) is 0.717. The minimum absolute atomic E-state index is 0.285. The third-order valence-electron chi connectivity index (χ3n) is 3.58. The molecule has 4 nitrogen and oxygen atoms in total. The summed E-state index contributed by atoms with van der Waals surface area (Å²) >= 11 is 0. The summed E-state index contributed by atoms with van der Waals surface area (Å²) in [5, 5.41) is 0. The molecule has 1 aromatic carbocycles. The first kappa shape index (κ1) is 16.3. The van der Waals surface area contributed by atoms with Gasteiger partial charge >= 0.3 is 5.97 Å². The molecule has 0 spiro atoms. The fourth-order valence-electron chi connectivity index (χ4n) is 2.37. The van der Waals surface area contributed by atoms with E-state index in [0.717, 1.165) is 37.6 Å². The van der Waals surface area contributed by atoms with E-state index in [9.17, 15) is 4.79 Å². The lowest BCUT2D eigenvalue weighted by atomic mass is 10.1. The number of methoxy groups -OCH3 is 1. The van der Waals surface area contributed by atoms with Gasteiger partial charge in [0.2, 0.25) is 0 Å². The van der Waals surface area contributed by atoms with Crippen molar-refractivity contribution < 1.29 is 9.53 Å². The van der Waals surface area contributed by atoms with Gasteiger partial charge in [0.05, 0.1) is 12.7 Å². The van der Waals surface area contributed by atoms with Gasteiger partial charge in [-0.05, 0) is 45.9 Å². The summed E-state index contributed by atoms with van der Waals surface area (Å²) in [4.78, 5) is 16.3. The molecule has 0 N–H and O–H groups in total. The van der Waals surface area contributed by atoms with Gasteiger partial charge in [-0.25, -0.2) is 4.79 Å². The number of carbonyl (C=O) groups is 1. The number of ether oxygens (including phenoxy) is 1. The van der Waals surface area contributed by atoms with Crippen molar-refractivity contribution in [2.75, 3.05) is 43.1 Å². The average molecular weight is 278 g/mol. The van der Waals surface area contributed by atoms with E-state index in [1.807, 2.05) is 12.1 Å². The molecule has 0 amide bonds. The van der Waals surface area contributed by atoms with Crippen molar-refractivity contribution in [1.29, 1.82) is 0 Å². The van der Waals surface area contributed by atoms with Crippen LogP contribution in [0.25, 0.3) is 0 Å². The number of anilines is 2. The molecular weight excluding hydrogens is 252 g/mol. The van der Waals surface area contributed by atoms with Gasteiger partial charge in [-0.15, -0.1) is 0 Å². The van der Waals surface area contributed by atoms with Crippen molar-refractivity contribution in [2.45, 2.75) is 27.7 Å². The van der Waals surface area contributed by atoms with Crippen LogP contribution in [0.1, 0.15) is 38.1 Å². The van der Waals surface area contributed by atoms with Gasteiger partial charge < -0.3 is 14.5 Å². The van der Waals surface area contributed by atoms with E-state index in [1.54, 1.807) is 0 Å². The first-order valence-corrected chi connectivity index (χ1v) is 7.34. The second-order valence-electron chi connectivity index (χ2n) is 4.57. The van der Waals surface area contributed by atoms with Crippen LogP contribution in [0.4, 0.5) is 11.4 Å². The van der Waals surface area contributed by atoms with Crippen LogP contribution >= 0.6 is 0 Å². The van der Waals surface area contributed by atoms with Crippen LogP contribution in [-0.4, -0.2) is 39.3 Å². The van der Waals surface area contributed by atoms with E-state index in [2.05, 4.69) is 43.6 Å². The predicted octanol–water partition coefficient (Wildman–Crippen LogP) is 3.17. The Balaban J connectivity index is 3.30. The monoisotopic (exact) mass is 278 g/mol. The number of hydrogen-bond acceptors (Lipinski definition) is 4. The van der Waals surface area contributed by atoms with Crippen molar-refractivity contribution in [1.82, 2.24) is 0 Å². The molecule has 0 aliphatic rings. The van der Waals surface area contributed by atoms with Crippen LogP contribution in [0.3, 0.4) is 0 Å². The fraction of sp³-hybridized carbons (Fsp3) is 0.562. The minimum atomic E-state index is -0.285. The van der Waals surface area contributed by atoms with Crippen LogP contribution in [0.5, 0.6) is 0 Å². The van der Waals surface area contributed by atoms with Crippen molar-refractivity contribution in [3.8, 4) is 0 Å². The minimum Gasteiger partial charge on any atom is -0.465 e. The van der Waals surface area contributed by atoms with Crippen LogP contribution in [0.2, 0.25) is 0 Å². The molecule has 0 saturated carbocycles. The fourth-order valence-corrected chi connectivity index (χ4v) is 2.37. The summed E-state index contributed by atoms with van der Waals surface area (Å²) in [6.45, 7) is 12.1. The number of carbonyl (C=O) groups excluding carboxylic acids is 1. The summed E-state index contributed by atoms with van der Waals surface area (Å²) in [6.07, 6.45) is 0. The molecule has 0 aliphatic heterocycles. The molecule has 0 heterocycles. The molecule has 4 heteroatoms. The van der Waals surface area contributed by atoms with Crippen molar-refractivity contribution in [2.24, 2.45) is 0 Å². The Morgan fingerprint density at radius 2 is 1.30 bits per heavy atom. The van der Waals surface area contributed by atoms with Gasteiger partial charge in [-0.3, -0.25) is 0 Å². The molecule has 0 unspecified atom stereocenters. The lowest BCUT2D eigenvalue weighted by Gasteiger charge is -2.26. The van der Waals surface area contributed by atoms with Gasteiger partial charge in [-0.2, -0.15) is 0 Å². The second-order valence-corrected chi connectivity index (χ2v) is 4.57. The summed E-state index contributed by atoms with van der Waals surface area (Å²) in [5.41, 5.74) is 2.75. The van der Waals surface area contributed by atoms with E-state index < -0.39 is 0 Å². The average Bonchev–Trinajstić information content (AvgIpc) is 2.49. The largest absolute Gasteiger partial charge is 0.465 e. The zero-order chi connectivity index (χ0) is 15.1. The lowest BCUT2D eigenvalue weighted by Crippen LogP contribution is -2.25. The Morgan fingerprint density at radius 3 is 1.60 bits per heavy atom. The summed E-state index contributed by atoms with van der Waals surface area (Å²) in [5.74, 6) is -0.285. The molecule has 0 radical (unpaired) electrons. The normalized spacial score (nSPS) is 10.2. The van der Waals surface area contributed by atoms with E-state index in [1.165, 1.54) is 7.11 Å². The number of rotatable bonds is 7. The Bertz CT molecular complexity index is 408.